The van der Waals surface area contributed by atoms with Gasteiger partial charge < -0.3 is 9.80 Å². The first kappa shape index (κ1) is 15.5. The SMILES string of the molecule is CN(C)CC(C)(C)N=NC(C)(C)CN(C)C. The summed E-state index contributed by atoms with van der Waals surface area (Å²) in [7, 11) is 8.23. The molecule has 0 fully saturated rings. The summed E-state index contributed by atoms with van der Waals surface area (Å²) in [4.78, 5) is 4.27. The molecule has 0 N–H and O–H groups in total. The van der Waals surface area contributed by atoms with E-state index in [1.165, 1.54) is 0 Å². The van der Waals surface area contributed by atoms with Crippen molar-refractivity contribution >= 4 is 0 Å². The van der Waals surface area contributed by atoms with Crippen LogP contribution in [0.5, 0.6) is 0 Å². The summed E-state index contributed by atoms with van der Waals surface area (Å²) in [5, 5.41) is 8.96. The molecule has 4 nitrogen and oxygen atoms in total. The number of hydrogen-bond acceptors (Lipinski definition) is 4. The summed E-state index contributed by atoms with van der Waals surface area (Å²) < 4.78 is 0. The Balaban J connectivity index is 4.45. The molecule has 0 heterocycles. The predicted molar refractivity (Wildman–Crippen MR) is 70.1 cm³/mol. The molecule has 0 unspecified atom stereocenters. The summed E-state index contributed by atoms with van der Waals surface area (Å²) in [6.45, 7) is 10.3. The highest BCUT2D eigenvalue weighted by Crippen LogP contribution is 2.16. The van der Waals surface area contributed by atoms with E-state index in [1.54, 1.807) is 0 Å². The van der Waals surface area contributed by atoms with E-state index in [-0.39, 0.29) is 11.1 Å². The smallest absolute Gasteiger partial charge is 0.0886 e. The molecule has 0 aliphatic carbocycles. The van der Waals surface area contributed by atoms with Gasteiger partial charge in [-0.3, -0.25) is 0 Å². The van der Waals surface area contributed by atoms with Crippen molar-refractivity contribution in [2.75, 3.05) is 41.3 Å². The fraction of sp³-hybridized carbons (Fsp3) is 1.00. The Morgan fingerprint density at radius 3 is 1.12 bits per heavy atom. The van der Waals surface area contributed by atoms with Crippen LogP contribution in [-0.4, -0.2) is 62.2 Å². The number of hydrogen-bond donors (Lipinski definition) is 0. The molecular formula is C12H28N4. The Morgan fingerprint density at radius 2 is 0.938 bits per heavy atom. The van der Waals surface area contributed by atoms with E-state index in [0.29, 0.717) is 0 Å². The minimum atomic E-state index is -0.118. The van der Waals surface area contributed by atoms with Crippen molar-refractivity contribution in [2.24, 2.45) is 10.2 Å². The number of rotatable bonds is 6. The largest absolute Gasteiger partial charge is 0.307 e. The molecule has 0 aromatic rings. The molecule has 96 valence electrons. The standard InChI is InChI=1S/C12H28N4/c1-11(2,9-15(5)6)13-14-12(3,4)10-16(7)8/h9-10H2,1-8H3. The molecule has 0 aromatic heterocycles. The van der Waals surface area contributed by atoms with Crippen molar-refractivity contribution in [1.82, 2.24) is 9.80 Å². The van der Waals surface area contributed by atoms with Crippen LogP contribution in [0.4, 0.5) is 0 Å². The minimum absolute atomic E-state index is 0.118. The predicted octanol–water partition coefficient (Wildman–Crippen LogP) is 2.12. The van der Waals surface area contributed by atoms with Gasteiger partial charge in [-0.05, 0) is 55.9 Å². The van der Waals surface area contributed by atoms with E-state index < -0.39 is 0 Å². The summed E-state index contributed by atoms with van der Waals surface area (Å²) in [5.41, 5.74) is -0.236. The maximum atomic E-state index is 4.48. The molecule has 0 spiro atoms. The van der Waals surface area contributed by atoms with Crippen molar-refractivity contribution in [3.8, 4) is 0 Å². The van der Waals surface area contributed by atoms with Gasteiger partial charge in [0.25, 0.3) is 0 Å². The van der Waals surface area contributed by atoms with Crippen molar-refractivity contribution in [3.05, 3.63) is 0 Å². The summed E-state index contributed by atoms with van der Waals surface area (Å²) in [6, 6.07) is 0. The summed E-state index contributed by atoms with van der Waals surface area (Å²) >= 11 is 0. The number of likely N-dealkylation sites (N-methyl/N-ethyl adjacent to an activating group) is 2. The van der Waals surface area contributed by atoms with E-state index in [1.807, 2.05) is 0 Å². The fourth-order valence-corrected chi connectivity index (χ4v) is 1.88. The molecule has 4 heteroatoms. The van der Waals surface area contributed by atoms with Crippen LogP contribution < -0.4 is 0 Å². The maximum Gasteiger partial charge on any atom is 0.0886 e. The topological polar surface area (TPSA) is 31.2 Å². The zero-order chi connectivity index (χ0) is 13.0. The molecule has 0 radical (unpaired) electrons. The average molecular weight is 228 g/mol. The molecule has 0 aliphatic heterocycles. The normalized spacial score (nSPS) is 14.4. The van der Waals surface area contributed by atoms with Gasteiger partial charge in [0, 0.05) is 13.1 Å². The van der Waals surface area contributed by atoms with Crippen LogP contribution >= 0.6 is 0 Å². The van der Waals surface area contributed by atoms with Gasteiger partial charge in [-0.2, -0.15) is 10.2 Å². The van der Waals surface area contributed by atoms with Crippen LogP contribution in [0.3, 0.4) is 0 Å². The van der Waals surface area contributed by atoms with Gasteiger partial charge in [-0.1, -0.05) is 0 Å². The van der Waals surface area contributed by atoms with Crippen LogP contribution in [0.2, 0.25) is 0 Å². The van der Waals surface area contributed by atoms with Gasteiger partial charge >= 0.3 is 0 Å². The maximum absolute atomic E-state index is 4.48. The van der Waals surface area contributed by atoms with Gasteiger partial charge in [0.15, 0.2) is 0 Å². The summed E-state index contributed by atoms with van der Waals surface area (Å²) in [6.07, 6.45) is 0. The van der Waals surface area contributed by atoms with Gasteiger partial charge in [0.2, 0.25) is 0 Å². The second-order valence-electron chi connectivity index (χ2n) is 6.30. The number of azo groups is 1. The third-order valence-corrected chi connectivity index (χ3v) is 2.00. The highest BCUT2D eigenvalue weighted by atomic mass is 15.2. The first-order valence-corrected chi connectivity index (χ1v) is 5.78. The minimum Gasteiger partial charge on any atom is -0.307 e. The first-order chi connectivity index (χ1) is 7.04. The Kier molecular flexibility index (Phi) is 5.56. The highest BCUT2D eigenvalue weighted by Gasteiger charge is 2.22. The Bertz CT molecular complexity index is 205. The molecule has 16 heavy (non-hydrogen) atoms. The fourth-order valence-electron chi connectivity index (χ4n) is 1.88. The highest BCUT2D eigenvalue weighted by molar-refractivity contribution is 4.83. The van der Waals surface area contributed by atoms with E-state index in [2.05, 4.69) is 75.9 Å². The Hall–Kier alpha value is -0.480. The van der Waals surface area contributed by atoms with Gasteiger partial charge in [0.05, 0.1) is 11.1 Å². The molecule has 0 atom stereocenters. The molecule has 0 saturated heterocycles. The second-order valence-corrected chi connectivity index (χ2v) is 6.30. The monoisotopic (exact) mass is 228 g/mol. The van der Waals surface area contributed by atoms with Gasteiger partial charge in [0.1, 0.15) is 0 Å². The summed E-state index contributed by atoms with van der Waals surface area (Å²) in [5.74, 6) is 0. The van der Waals surface area contributed by atoms with Crippen LogP contribution in [0.15, 0.2) is 10.2 Å². The van der Waals surface area contributed by atoms with E-state index in [9.17, 15) is 0 Å². The van der Waals surface area contributed by atoms with Gasteiger partial charge in [-0.25, -0.2) is 0 Å². The van der Waals surface area contributed by atoms with Crippen molar-refractivity contribution < 1.29 is 0 Å². The molecule has 0 rings (SSSR count). The van der Waals surface area contributed by atoms with Crippen LogP contribution in [-0.2, 0) is 0 Å². The molecule has 0 saturated carbocycles. The van der Waals surface area contributed by atoms with E-state index >= 15 is 0 Å². The third kappa shape index (κ3) is 7.77. The first-order valence-electron chi connectivity index (χ1n) is 5.78. The lowest BCUT2D eigenvalue weighted by Gasteiger charge is -2.27. The molecule has 0 amide bonds. The lowest BCUT2D eigenvalue weighted by Crippen LogP contribution is -2.35. The van der Waals surface area contributed by atoms with Crippen molar-refractivity contribution in [2.45, 2.75) is 38.8 Å². The number of nitrogens with zero attached hydrogens (tertiary/aromatic N) is 4. The molecular weight excluding hydrogens is 200 g/mol. The average Bonchev–Trinajstić information content (AvgIpc) is 1.96. The quantitative estimate of drug-likeness (QED) is 0.652. The zero-order valence-electron chi connectivity index (χ0n) is 12.2. The zero-order valence-corrected chi connectivity index (χ0v) is 12.2. The molecule has 0 aromatic carbocycles. The van der Waals surface area contributed by atoms with E-state index in [4.69, 9.17) is 0 Å². The lowest BCUT2D eigenvalue weighted by atomic mass is 10.1. The van der Waals surface area contributed by atoms with E-state index in [0.717, 1.165) is 13.1 Å². The van der Waals surface area contributed by atoms with Crippen LogP contribution in [0.1, 0.15) is 27.7 Å². The second kappa shape index (κ2) is 5.73. The third-order valence-electron chi connectivity index (χ3n) is 2.00. The van der Waals surface area contributed by atoms with Gasteiger partial charge in [-0.15, -0.1) is 0 Å². The van der Waals surface area contributed by atoms with Crippen molar-refractivity contribution in [1.29, 1.82) is 0 Å². The van der Waals surface area contributed by atoms with Crippen molar-refractivity contribution in [3.63, 3.8) is 0 Å². The Morgan fingerprint density at radius 1 is 0.688 bits per heavy atom. The lowest BCUT2D eigenvalue weighted by molar-refractivity contribution is 0.277. The van der Waals surface area contributed by atoms with Crippen LogP contribution in [0, 0.1) is 0 Å². The van der Waals surface area contributed by atoms with Crippen LogP contribution in [0.25, 0.3) is 0 Å². The molecule has 0 bridgehead atoms. The Labute approximate surface area is 101 Å². The molecule has 0 aliphatic rings.